The minimum absolute atomic E-state index is 0.00420. The third kappa shape index (κ3) is 4.70. The molecule has 0 aromatic heterocycles. The number of nitro benzene ring substituents is 1. The Balaban J connectivity index is 1.94. The number of rotatable bonds is 6. The van der Waals surface area contributed by atoms with Crippen molar-refractivity contribution in [2.45, 2.75) is 26.1 Å². The Kier molecular flexibility index (Phi) is 5.41. The predicted octanol–water partition coefficient (Wildman–Crippen LogP) is 4.15. The van der Waals surface area contributed by atoms with Crippen LogP contribution in [0.5, 0.6) is 5.75 Å². The van der Waals surface area contributed by atoms with Crippen LogP contribution >= 0.6 is 11.6 Å². The van der Waals surface area contributed by atoms with Crippen molar-refractivity contribution in [3.63, 3.8) is 0 Å². The van der Waals surface area contributed by atoms with Gasteiger partial charge in [-0.1, -0.05) is 11.6 Å². The number of esters is 1. The third-order valence-corrected chi connectivity index (χ3v) is 3.45. The van der Waals surface area contributed by atoms with Gasteiger partial charge in [0.15, 0.2) is 5.60 Å². The van der Waals surface area contributed by atoms with Crippen LogP contribution in [0, 0.1) is 10.1 Å². The Morgan fingerprint density at radius 2 is 1.71 bits per heavy atom. The molecule has 2 aromatic carbocycles. The van der Waals surface area contributed by atoms with E-state index in [2.05, 4.69) is 0 Å². The number of benzene rings is 2. The number of ether oxygens (including phenoxy) is 2. The van der Waals surface area contributed by atoms with Crippen molar-refractivity contribution in [1.29, 1.82) is 0 Å². The van der Waals surface area contributed by atoms with Gasteiger partial charge in [-0.05, 0) is 55.8 Å². The molecule has 2 aromatic rings. The molecule has 0 saturated carbocycles. The highest BCUT2D eigenvalue weighted by Gasteiger charge is 2.32. The molecule has 0 fully saturated rings. The van der Waals surface area contributed by atoms with Crippen LogP contribution in [0.4, 0.5) is 5.69 Å². The molecule has 6 nitrogen and oxygen atoms in total. The fourth-order valence-corrected chi connectivity index (χ4v) is 2.00. The van der Waals surface area contributed by atoms with E-state index in [0.717, 1.165) is 0 Å². The molecule has 0 heterocycles. The van der Waals surface area contributed by atoms with Crippen molar-refractivity contribution in [3.05, 3.63) is 69.2 Å². The minimum atomic E-state index is -1.19. The van der Waals surface area contributed by atoms with Crippen molar-refractivity contribution in [2.75, 3.05) is 0 Å². The molecule has 24 heavy (non-hydrogen) atoms. The van der Waals surface area contributed by atoms with Gasteiger partial charge in [0.05, 0.1) is 4.92 Å². The summed E-state index contributed by atoms with van der Waals surface area (Å²) in [5.41, 5.74) is -0.554. The Labute approximate surface area is 144 Å². The maximum atomic E-state index is 12.2. The fourth-order valence-electron chi connectivity index (χ4n) is 1.88. The first kappa shape index (κ1) is 17.7. The van der Waals surface area contributed by atoms with E-state index in [1.54, 1.807) is 50.2 Å². The van der Waals surface area contributed by atoms with Gasteiger partial charge in [-0.15, -0.1) is 0 Å². The second-order valence-electron chi connectivity index (χ2n) is 5.57. The highest BCUT2D eigenvalue weighted by Crippen LogP contribution is 2.22. The van der Waals surface area contributed by atoms with Gasteiger partial charge in [0.1, 0.15) is 12.4 Å². The molecule has 0 spiro atoms. The van der Waals surface area contributed by atoms with Gasteiger partial charge in [-0.25, -0.2) is 4.79 Å². The van der Waals surface area contributed by atoms with Crippen LogP contribution in [0.25, 0.3) is 0 Å². The van der Waals surface area contributed by atoms with Crippen LogP contribution in [0.1, 0.15) is 19.4 Å². The lowest BCUT2D eigenvalue weighted by molar-refractivity contribution is -0.384. The molecule has 0 saturated heterocycles. The molecule has 0 aliphatic carbocycles. The van der Waals surface area contributed by atoms with E-state index < -0.39 is 16.5 Å². The van der Waals surface area contributed by atoms with Crippen molar-refractivity contribution >= 4 is 23.3 Å². The minimum Gasteiger partial charge on any atom is -0.476 e. The predicted molar refractivity (Wildman–Crippen MR) is 89.1 cm³/mol. The third-order valence-electron chi connectivity index (χ3n) is 3.20. The monoisotopic (exact) mass is 349 g/mol. The second kappa shape index (κ2) is 7.31. The maximum Gasteiger partial charge on any atom is 0.350 e. The van der Waals surface area contributed by atoms with E-state index in [0.29, 0.717) is 16.3 Å². The molecular formula is C17H16ClNO5. The molecule has 0 atom stereocenters. The lowest BCUT2D eigenvalue weighted by atomic mass is 10.1. The summed E-state index contributed by atoms with van der Waals surface area (Å²) in [4.78, 5) is 22.3. The number of non-ortho nitro benzene ring substituents is 1. The lowest BCUT2D eigenvalue weighted by Gasteiger charge is -2.24. The molecule has 7 heteroatoms. The number of hydrogen-bond acceptors (Lipinski definition) is 5. The topological polar surface area (TPSA) is 78.7 Å². The molecule has 0 amide bonds. The number of halogens is 1. The number of nitro groups is 1. The highest BCUT2D eigenvalue weighted by molar-refractivity contribution is 6.30. The summed E-state index contributed by atoms with van der Waals surface area (Å²) in [7, 11) is 0. The summed E-state index contributed by atoms with van der Waals surface area (Å²) >= 11 is 5.80. The van der Waals surface area contributed by atoms with Crippen molar-refractivity contribution in [1.82, 2.24) is 0 Å². The van der Waals surface area contributed by atoms with Crippen LogP contribution in [0.15, 0.2) is 48.5 Å². The lowest BCUT2D eigenvalue weighted by Crippen LogP contribution is -2.39. The molecular weight excluding hydrogens is 334 g/mol. The van der Waals surface area contributed by atoms with Gasteiger partial charge < -0.3 is 9.47 Å². The van der Waals surface area contributed by atoms with Gasteiger partial charge in [0, 0.05) is 17.2 Å². The first-order valence-electron chi connectivity index (χ1n) is 7.13. The average molecular weight is 350 g/mol. The van der Waals surface area contributed by atoms with E-state index in [1.165, 1.54) is 12.1 Å². The fraction of sp³-hybridized carbons (Fsp3) is 0.235. The summed E-state index contributed by atoms with van der Waals surface area (Å²) in [6.07, 6.45) is 0. The summed E-state index contributed by atoms with van der Waals surface area (Å²) < 4.78 is 10.9. The zero-order chi connectivity index (χ0) is 17.7. The van der Waals surface area contributed by atoms with Crippen molar-refractivity contribution < 1.29 is 19.2 Å². The summed E-state index contributed by atoms with van der Waals surface area (Å²) in [6, 6.07) is 12.4. The molecule has 126 valence electrons. The van der Waals surface area contributed by atoms with E-state index in [9.17, 15) is 14.9 Å². The van der Waals surface area contributed by atoms with Gasteiger partial charge in [0.25, 0.3) is 5.69 Å². The zero-order valence-electron chi connectivity index (χ0n) is 13.2. The Hall–Kier alpha value is -2.60. The zero-order valence-corrected chi connectivity index (χ0v) is 13.9. The van der Waals surface area contributed by atoms with Gasteiger partial charge in [0.2, 0.25) is 0 Å². The molecule has 0 aliphatic rings. The van der Waals surface area contributed by atoms with E-state index in [4.69, 9.17) is 21.1 Å². The van der Waals surface area contributed by atoms with Gasteiger partial charge in [-0.2, -0.15) is 0 Å². The molecule has 0 bridgehead atoms. The van der Waals surface area contributed by atoms with E-state index >= 15 is 0 Å². The number of carbonyl (C=O) groups excluding carboxylic acids is 1. The molecule has 0 aliphatic heterocycles. The summed E-state index contributed by atoms with van der Waals surface area (Å²) in [5, 5.41) is 11.2. The maximum absolute atomic E-state index is 12.2. The molecule has 0 N–H and O–H groups in total. The number of carbonyl (C=O) groups is 1. The normalized spacial score (nSPS) is 11.0. The van der Waals surface area contributed by atoms with Crippen LogP contribution < -0.4 is 4.74 Å². The first-order valence-corrected chi connectivity index (χ1v) is 7.51. The first-order chi connectivity index (χ1) is 11.3. The van der Waals surface area contributed by atoms with Crippen LogP contribution in [-0.4, -0.2) is 16.5 Å². The Morgan fingerprint density at radius 3 is 2.25 bits per heavy atom. The van der Waals surface area contributed by atoms with Crippen LogP contribution in [0.3, 0.4) is 0 Å². The van der Waals surface area contributed by atoms with Crippen molar-refractivity contribution in [2.24, 2.45) is 0 Å². The SMILES string of the molecule is CC(C)(Oc1ccc(Cl)cc1)C(=O)OCc1ccc([N+](=O)[O-])cc1. The molecule has 0 unspecified atom stereocenters. The number of nitrogens with zero attached hydrogens (tertiary/aromatic N) is 1. The second-order valence-corrected chi connectivity index (χ2v) is 6.00. The Bertz CT molecular complexity index is 726. The summed E-state index contributed by atoms with van der Waals surface area (Å²) in [5.74, 6) is -0.0486. The number of hydrogen-bond donors (Lipinski definition) is 0. The van der Waals surface area contributed by atoms with E-state index in [1.807, 2.05) is 0 Å². The van der Waals surface area contributed by atoms with E-state index in [-0.39, 0.29) is 12.3 Å². The standard InChI is InChI=1S/C17H16ClNO5/c1-17(2,24-15-9-5-13(18)6-10-15)16(20)23-11-12-3-7-14(8-4-12)19(21)22/h3-10H,11H2,1-2H3. The largest absolute Gasteiger partial charge is 0.476 e. The van der Waals surface area contributed by atoms with Gasteiger partial charge in [-0.3, -0.25) is 10.1 Å². The Morgan fingerprint density at radius 1 is 1.12 bits per heavy atom. The smallest absolute Gasteiger partial charge is 0.350 e. The van der Waals surface area contributed by atoms with Gasteiger partial charge >= 0.3 is 5.97 Å². The quantitative estimate of drug-likeness (QED) is 0.444. The van der Waals surface area contributed by atoms with Crippen LogP contribution in [-0.2, 0) is 16.1 Å². The molecule has 0 radical (unpaired) electrons. The average Bonchev–Trinajstić information content (AvgIpc) is 2.55. The molecule has 2 rings (SSSR count). The summed E-state index contributed by atoms with van der Waals surface area (Å²) in [6.45, 7) is 3.20. The highest BCUT2D eigenvalue weighted by atomic mass is 35.5. The van der Waals surface area contributed by atoms with Crippen LogP contribution in [0.2, 0.25) is 5.02 Å². The van der Waals surface area contributed by atoms with Crippen molar-refractivity contribution in [3.8, 4) is 5.75 Å².